The van der Waals surface area contributed by atoms with Crippen LogP contribution in [-0.4, -0.2) is 16.1 Å². The predicted octanol–water partition coefficient (Wildman–Crippen LogP) is 3.12. The summed E-state index contributed by atoms with van der Waals surface area (Å²) in [5, 5.41) is 3.42. The number of hydrogen-bond acceptors (Lipinski definition) is 2. The summed E-state index contributed by atoms with van der Waals surface area (Å²) in [4.78, 5) is 4.36. The quantitative estimate of drug-likeness (QED) is 0.878. The van der Waals surface area contributed by atoms with Gasteiger partial charge in [-0.25, -0.2) is 9.37 Å². The number of rotatable bonds is 6. The van der Waals surface area contributed by atoms with Crippen molar-refractivity contribution in [3.8, 4) is 0 Å². The number of imidazole rings is 1. The van der Waals surface area contributed by atoms with Crippen molar-refractivity contribution in [2.75, 3.05) is 6.54 Å². The van der Waals surface area contributed by atoms with Crippen molar-refractivity contribution in [2.24, 2.45) is 5.92 Å². The molecule has 1 aromatic heterocycles. The molecule has 0 aliphatic carbocycles. The van der Waals surface area contributed by atoms with Gasteiger partial charge >= 0.3 is 0 Å². The van der Waals surface area contributed by atoms with E-state index in [-0.39, 0.29) is 5.82 Å². The van der Waals surface area contributed by atoms with Crippen molar-refractivity contribution in [1.29, 1.82) is 0 Å². The van der Waals surface area contributed by atoms with E-state index >= 15 is 0 Å². The van der Waals surface area contributed by atoms with E-state index in [1.54, 1.807) is 12.1 Å². The summed E-state index contributed by atoms with van der Waals surface area (Å²) in [6.07, 6.45) is 1.89. The Labute approximate surface area is 119 Å². The smallest absolute Gasteiger partial charge is 0.123 e. The molecule has 0 bridgehead atoms. The number of hydrogen-bond donors (Lipinski definition) is 1. The van der Waals surface area contributed by atoms with E-state index in [0.29, 0.717) is 12.5 Å². The molecule has 4 heteroatoms. The Morgan fingerprint density at radius 2 is 2.15 bits per heavy atom. The summed E-state index contributed by atoms with van der Waals surface area (Å²) in [7, 11) is 0. The third-order valence-electron chi connectivity index (χ3n) is 3.23. The lowest BCUT2D eigenvalue weighted by Crippen LogP contribution is -2.21. The Kier molecular flexibility index (Phi) is 4.90. The molecule has 0 spiro atoms. The van der Waals surface area contributed by atoms with Gasteiger partial charge in [0.25, 0.3) is 0 Å². The van der Waals surface area contributed by atoms with Gasteiger partial charge in [0.15, 0.2) is 0 Å². The molecule has 0 unspecified atom stereocenters. The van der Waals surface area contributed by atoms with Gasteiger partial charge in [-0.2, -0.15) is 0 Å². The molecule has 1 heterocycles. The van der Waals surface area contributed by atoms with Crippen LogP contribution in [0.15, 0.2) is 30.5 Å². The zero-order valence-electron chi connectivity index (χ0n) is 12.4. The second-order valence-electron chi connectivity index (χ2n) is 5.54. The molecule has 3 nitrogen and oxygen atoms in total. The zero-order chi connectivity index (χ0) is 14.5. The molecule has 0 saturated carbocycles. The monoisotopic (exact) mass is 275 g/mol. The van der Waals surface area contributed by atoms with E-state index < -0.39 is 0 Å². The summed E-state index contributed by atoms with van der Waals surface area (Å²) in [6.45, 7) is 8.76. The molecule has 0 atom stereocenters. The van der Waals surface area contributed by atoms with Crippen LogP contribution in [0.4, 0.5) is 4.39 Å². The number of aryl methyl sites for hydroxylation is 1. The molecule has 0 fully saturated rings. The summed E-state index contributed by atoms with van der Waals surface area (Å²) < 4.78 is 15.4. The molecule has 0 radical (unpaired) electrons. The molecule has 1 aromatic carbocycles. The van der Waals surface area contributed by atoms with Crippen molar-refractivity contribution in [1.82, 2.24) is 14.9 Å². The lowest BCUT2D eigenvalue weighted by atomic mass is 10.2. The lowest BCUT2D eigenvalue weighted by molar-refractivity contribution is 0.537. The van der Waals surface area contributed by atoms with Crippen molar-refractivity contribution >= 4 is 0 Å². The summed E-state index contributed by atoms with van der Waals surface area (Å²) >= 11 is 0. The molecule has 2 aromatic rings. The minimum absolute atomic E-state index is 0.195. The van der Waals surface area contributed by atoms with Crippen LogP contribution < -0.4 is 5.32 Å². The molecular formula is C16H22FN3. The highest BCUT2D eigenvalue weighted by molar-refractivity contribution is 5.18. The average Bonchev–Trinajstić information content (AvgIpc) is 2.71. The maximum absolute atomic E-state index is 13.3. The molecule has 1 N–H and O–H groups in total. The van der Waals surface area contributed by atoms with Crippen LogP contribution in [0, 0.1) is 18.7 Å². The first kappa shape index (κ1) is 14.7. The first-order valence-corrected chi connectivity index (χ1v) is 7.02. The van der Waals surface area contributed by atoms with Crippen molar-refractivity contribution in [3.05, 3.63) is 53.4 Å². The second kappa shape index (κ2) is 6.66. The van der Waals surface area contributed by atoms with E-state index in [1.165, 1.54) is 6.07 Å². The first-order valence-electron chi connectivity index (χ1n) is 7.02. The Hall–Kier alpha value is -1.68. The molecule has 0 aliphatic rings. The van der Waals surface area contributed by atoms with Gasteiger partial charge in [-0.3, -0.25) is 0 Å². The maximum atomic E-state index is 13.3. The molecule has 0 aliphatic heterocycles. The van der Waals surface area contributed by atoms with Gasteiger partial charge in [0.1, 0.15) is 11.6 Å². The minimum atomic E-state index is -0.195. The predicted molar refractivity (Wildman–Crippen MR) is 79.0 cm³/mol. The number of halogens is 1. The van der Waals surface area contributed by atoms with E-state index in [0.717, 1.165) is 30.2 Å². The van der Waals surface area contributed by atoms with Gasteiger partial charge in [-0.1, -0.05) is 26.0 Å². The molecule has 20 heavy (non-hydrogen) atoms. The highest BCUT2D eigenvalue weighted by Gasteiger charge is 2.07. The van der Waals surface area contributed by atoms with E-state index in [1.807, 2.05) is 19.2 Å². The average molecular weight is 275 g/mol. The summed E-state index contributed by atoms with van der Waals surface area (Å²) in [5.74, 6) is 1.38. The topological polar surface area (TPSA) is 29.9 Å². The molecule has 0 amide bonds. The summed E-state index contributed by atoms with van der Waals surface area (Å²) in [6, 6.07) is 6.72. The standard InChI is InChI=1S/C16H22FN3/c1-12(2)8-18-9-16-10-19-13(3)20(16)11-14-5-4-6-15(17)7-14/h4-7,10,12,18H,8-9,11H2,1-3H3. The highest BCUT2D eigenvalue weighted by atomic mass is 19.1. The Morgan fingerprint density at radius 3 is 2.85 bits per heavy atom. The highest BCUT2D eigenvalue weighted by Crippen LogP contribution is 2.11. The third kappa shape index (κ3) is 3.90. The van der Waals surface area contributed by atoms with Crippen LogP contribution in [-0.2, 0) is 13.1 Å². The van der Waals surface area contributed by atoms with Crippen molar-refractivity contribution in [2.45, 2.75) is 33.9 Å². The van der Waals surface area contributed by atoms with E-state index in [9.17, 15) is 4.39 Å². The SMILES string of the molecule is Cc1ncc(CNCC(C)C)n1Cc1cccc(F)c1. The minimum Gasteiger partial charge on any atom is -0.327 e. The number of nitrogens with zero attached hydrogens (tertiary/aromatic N) is 2. The first-order chi connectivity index (χ1) is 9.56. The molecule has 108 valence electrons. The van der Waals surface area contributed by atoms with Gasteiger partial charge in [-0.05, 0) is 37.1 Å². The zero-order valence-corrected chi connectivity index (χ0v) is 12.4. The van der Waals surface area contributed by atoms with Gasteiger partial charge in [0.2, 0.25) is 0 Å². The van der Waals surface area contributed by atoms with Gasteiger partial charge in [-0.15, -0.1) is 0 Å². The van der Waals surface area contributed by atoms with Gasteiger partial charge < -0.3 is 9.88 Å². The Balaban J connectivity index is 2.09. The third-order valence-corrected chi connectivity index (χ3v) is 3.23. The fourth-order valence-corrected chi connectivity index (χ4v) is 2.18. The number of benzene rings is 1. The van der Waals surface area contributed by atoms with Gasteiger partial charge in [0.05, 0.1) is 5.69 Å². The molecule has 0 saturated heterocycles. The van der Waals surface area contributed by atoms with Crippen LogP contribution >= 0.6 is 0 Å². The van der Waals surface area contributed by atoms with Crippen LogP contribution in [0.25, 0.3) is 0 Å². The van der Waals surface area contributed by atoms with Crippen LogP contribution in [0.2, 0.25) is 0 Å². The van der Waals surface area contributed by atoms with Crippen LogP contribution in [0.5, 0.6) is 0 Å². The lowest BCUT2D eigenvalue weighted by Gasteiger charge is -2.12. The molecular weight excluding hydrogens is 253 g/mol. The van der Waals surface area contributed by atoms with Crippen molar-refractivity contribution < 1.29 is 4.39 Å². The fourth-order valence-electron chi connectivity index (χ4n) is 2.18. The fraction of sp³-hybridized carbons (Fsp3) is 0.438. The van der Waals surface area contributed by atoms with Crippen LogP contribution in [0.1, 0.15) is 30.9 Å². The van der Waals surface area contributed by atoms with Crippen molar-refractivity contribution in [3.63, 3.8) is 0 Å². The van der Waals surface area contributed by atoms with Gasteiger partial charge in [0, 0.05) is 19.3 Å². The Morgan fingerprint density at radius 1 is 1.35 bits per heavy atom. The summed E-state index contributed by atoms with van der Waals surface area (Å²) in [5.41, 5.74) is 2.09. The second-order valence-corrected chi connectivity index (χ2v) is 5.54. The largest absolute Gasteiger partial charge is 0.327 e. The Bertz CT molecular complexity index is 561. The maximum Gasteiger partial charge on any atom is 0.123 e. The number of nitrogens with one attached hydrogen (secondary N) is 1. The van der Waals surface area contributed by atoms with Crippen LogP contribution in [0.3, 0.4) is 0 Å². The van der Waals surface area contributed by atoms with E-state index in [4.69, 9.17) is 0 Å². The molecule has 2 rings (SSSR count). The number of aromatic nitrogens is 2. The van der Waals surface area contributed by atoms with E-state index in [2.05, 4.69) is 28.7 Å². The normalized spacial score (nSPS) is 11.2.